The molecule has 0 bridgehead atoms. The summed E-state index contributed by atoms with van der Waals surface area (Å²) in [4.78, 5) is 0. The maximum atomic E-state index is 4.89. The molecule has 0 aromatic heterocycles. The van der Waals surface area contributed by atoms with Crippen molar-refractivity contribution in [1.29, 1.82) is 0 Å². The van der Waals surface area contributed by atoms with E-state index < -0.39 is 0 Å². The minimum atomic E-state index is 0.747. The van der Waals surface area contributed by atoms with Crippen molar-refractivity contribution < 1.29 is 9.47 Å². The molecule has 0 atom stereocenters. The molecule has 8 heavy (non-hydrogen) atoms. The van der Waals surface area contributed by atoms with E-state index in [-0.39, 0.29) is 0 Å². The molecule has 0 N–H and O–H groups in total. The van der Waals surface area contributed by atoms with Crippen molar-refractivity contribution in [2.24, 2.45) is 0 Å². The molecule has 1 rings (SSSR count). The second-order valence-corrected chi connectivity index (χ2v) is 1.82. The Morgan fingerprint density at radius 1 is 1.50 bits per heavy atom. The second-order valence-electron chi connectivity index (χ2n) is 1.82. The van der Waals surface area contributed by atoms with Gasteiger partial charge in [-0.1, -0.05) is 6.92 Å². The topological polar surface area (TPSA) is 18.5 Å². The highest BCUT2D eigenvalue weighted by Crippen LogP contribution is 2.12. The Labute approximate surface area is 49.8 Å². The molecule has 0 amide bonds. The van der Waals surface area contributed by atoms with Gasteiger partial charge in [0.05, 0.1) is 13.2 Å². The number of hydrogen-bond acceptors (Lipinski definition) is 2. The van der Waals surface area contributed by atoms with Gasteiger partial charge in [0.2, 0.25) is 6.79 Å². The maximum Gasteiger partial charge on any atom is 0.209 e. The molecule has 0 unspecified atom stereocenters. The Morgan fingerprint density at radius 2 is 2.12 bits per heavy atom. The zero-order valence-corrected chi connectivity index (χ0v) is 5.02. The van der Waals surface area contributed by atoms with E-state index in [1.165, 1.54) is 12.7 Å². The summed E-state index contributed by atoms with van der Waals surface area (Å²) < 4.78 is 9.78. The summed E-state index contributed by atoms with van der Waals surface area (Å²) >= 11 is 0. The molecule has 1 heterocycles. The van der Waals surface area contributed by atoms with E-state index in [9.17, 15) is 0 Å². The molecular formula is C6H10O2. The average Bonchev–Trinajstić information content (AvgIpc) is 1.90. The van der Waals surface area contributed by atoms with E-state index in [0.717, 1.165) is 19.6 Å². The molecule has 46 valence electrons. The zero-order valence-electron chi connectivity index (χ0n) is 5.02. The molecule has 0 saturated carbocycles. The van der Waals surface area contributed by atoms with Crippen LogP contribution in [0.5, 0.6) is 0 Å². The van der Waals surface area contributed by atoms with Crippen LogP contribution >= 0.6 is 0 Å². The van der Waals surface area contributed by atoms with E-state index >= 15 is 0 Å². The SMILES string of the molecule is CC[C]1CO[CH]OC1. The number of ether oxygens (including phenoxy) is 2. The van der Waals surface area contributed by atoms with Gasteiger partial charge in [-0.25, -0.2) is 0 Å². The molecule has 2 radical (unpaired) electrons. The molecule has 1 aliphatic rings. The lowest BCUT2D eigenvalue weighted by Crippen LogP contribution is -2.18. The Hall–Kier alpha value is -0.0800. The fraction of sp³-hybridized carbons (Fsp3) is 0.667. The summed E-state index contributed by atoms with van der Waals surface area (Å²) in [5.74, 6) is 1.33. The van der Waals surface area contributed by atoms with Gasteiger partial charge in [-0.05, 0) is 6.42 Å². The number of hydrogen-bond donors (Lipinski definition) is 0. The minimum Gasteiger partial charge on any atom is -0.347 e. The van der Waals surface area contributed by atoms with Crippen molar-refractivity contribution in [3.8, 4) is 0 Å². The fourth-order valence-corrected chi connectivity index (χ4v) is 0.598. The monoisotopic (exact) mass is 114 g/mol. The van der Waals surface area contributed by atoms with Crippen molar-refractivity contribution in [1.82, 2.24) is 0 Å². The predicted octanol–water partition coefficient (Wildman–Crippen LogP) is 1.14. The van der Waals surface area contributed by atoms with Gasteiger partial charge in [-0.2, -0.15) is 0 Å². The van der Waals surface area contributed by atoms with Crippen LogP contribution in [0, 0.1) is 12.7 Å². The van der Waals surface area contributed by atoms with Crippen molar-refractivity contribution in [3.05, 3.63) is 12.7 Å². The standard InChI is InChI=1S/C6H10O2/c1-2-6-3-7-5-8-4-6/h5H,2-4H2,1H3. The van der Waals surface area contributed by atoms with E-state index in [2.05, 4.69) is 6.92 Å². The predicted molar refractivity (Wildman–Crippen MR) is 29.7 cm³/mol. The quantitative estimate of drug-likeness (QED) is 0.509. The summed E-state index contributed by atoms with van der Waals surface area (Å²) in [5.41, 5.74) is 0. The van der Waals surface area contributed by atoms with Crippen LogP contribution in [0.3, 0.4) is 0 Å². The first kappa shape index (κ1) is 6.05. The number of rotatable bonds is 1. The van der Waals surface area contributed by atoms with Gasteiger partial charge in [-0.3, -0.25) is 0 Å². The van der Waals surface area contributed by atoms with Crippen LogP contribution in [-0.2, 0) is 9.47 Å². The van der Waals surface area contributed by atoms with Crippen LogP contribution in [0.25, 0.3) is 0 Å². The molecule has 1 fully saturated rings. The molecule has 0 aromatic carbocycles. The average molecular weight is 114 g/mol. The summed E-state index contributed by atoms with van der Waals surface area (Å²) in [6, 6.07) is 0. The summed E-state index contributed by atoms with van der Waals surface area (Å²) in [7, 11) is 0. The maximum absolute atomic E-state index is 4.89. The van der Waals surface area contributed by atoms with E-state index in [4.69, 9.17) is 9.47 Å². The second kappa shape index (κ2) is 3.05. The van der Waals surface area contributed by atoms with Gasteiger partial charge in [0.25, 0.3) is 0 Å². The summed E-state index contributed by atoms with van der Waals surface area (Å²) in [6.45, 7) is 5.00. The van der Waals surface area contributed by atoms with Gasteiger partial charge in [-0.15, -0.1) is 0 Å². The third-order valence-electron chi connectivity index (χ3n) is 1.21. The highest BCUT2D eigenvalue weighted by Gasteiger charge is 2.11. The normalized spacial score (nSPS) is 23.6. The van der Waals surface area contributed by atoms with E-state index in [1.54, 1.807) is 0 Å². The molecule has 0 aromatic rings. The third-order valence-corrected chi connectivity index (χ3v) is 1.21. The molecule has 0 spiro atoms. The smallest absolute Gasteiger partial charge is 0.209 e. The van der Waals surface area contributed by atoms with Crippen LogP contribution in [-0.4, -0.2) is 13.2 Å². The molecular weight excluding hydrogens is 104 g/mol. The lowest BCUT2D eigenvalue weighted by atomic mass is 10.1. The van der Waals surface area contributed by atoms with Gasteiger partial charge in [0.15, 0.2) is 0 Å². The van der Waals surface area contributed by atoms with Crippen molar-refractivity contribution in [2.45, 2.75) is 13.3 Å². The molecule has 0 aliphatic carbocycles. The lowest BCUT2D eigenvalue weighted by molar-refractivity contribution is -0.0152. The van der Waals surface area contributed by atoms with Gasteiger partial charge >= 0.3 is 0 Å². The summed E-state index contributed by atoms with van der Waals surface area (Å²) in [5, 5.41) is 0. The zero-order chi connectivity index (χ0) is 5.82. The Morgan fingerprint density at radius 3 is 2.50 bits per heavy atom. The van der Waals surface area contributed by atoms with Gasteiger partial charge < -0.3 is 9.47 Å². The van der Waals surface area contributed by atoms with Crippen LogP contribution in [0.1, 0.15) is 13.3 Å². The highest BCUT2D eigenvalue weighted by atomic mass is 16.7. The van der Waals surface area contributed by atoms with Gasteiger partial charge in [0, 0.05) is 5.92 Å². The van der Waals surface area contributed by atoms with Crippen molar-refractivity contribution in [2.75, 3.05) is 13.2 Å². The van der Waals surface area contributed by atoms with Crippen molar-refractivity contribution in [3.63, 3.8) is 0 Å². The molecule has 1 saturated heterocycles. The van der Waals surface area contributed by atoms with Gasteiger partial charge in [0.1, 0.15) is 0 Å². The largest absolute Gasteiger partial charge is 0.347 e. The molecule has 2 heteroatoms. The first-order chi connectivity index (χ1) is 3.93. The third kappa shape index (κ3) is 1.46. The van der Waals surface area contributed by atoms with Crippen LogP contribution in [0.4, 0.5) is 0 Å². The van der Waals surface area contributed by atoms with Crippen LogP contribution < -0.4 is 0 Å². The first-order valence-electron chi connectivity index (χ1n) is 2.82. The van der Waals surface area contributed by atoms with Crippen LogP contribution in [0.2, 0.25) is 0 Å². The van der Waals surface area contributed by atoms with Crippen molar-refractivity contribution >= 4 is 0 Å². The van der Waals surface area contributed by atoms with E-state index in [1.807, 2.05) is 0 Å². The molecule has 2 nitrogen and oxygen atoms in total. The fourth-order valence-electron chi connectivity index (χ4n) is 0.598. The van der Waals surface area contributed by atoms with E-state index in [0.29, 0.717) is 0 Å². The molecule has 1 aliphatic heterocycles. The lowest BCUT2D eigenvalue weighted by Gasteiger charge is -2.18. The minimum absolute atomic E-state index is 0.747. The summed E-state index contributed by atoms with van der Waals surface area (Å²) in [6.07, 6.45) is 1.06. The Bertz CT molecular complexity index is 57.5. The van der Waals surface area contributed by atoms with Crippen LogP contribution in [0.15, 0.2) is 0 Å². The Kier molecular flexibility index (Phi) is 2.30. The highest BCUT2D eigenvalue weighted by molar-refractivity contribution is 4.89. The Balaban J connectivity index is 2.13. The first-order valence-corrected chi connectivity index (χ1v) is 2.82.